The minimum absolute atomic E-state index is 0.0676. The number of benzene rings is 1. The van der Waals surface area contributed by atoms with Crippen LogP contribution < -0.4 is 0 Å². The monoisotopic (exact) mass is 304 g/mol. The van der Waals surface area contributed by atoms with E-state index in [1.165, 1.54) is 11.8 Å². The zero-order valence-corrected chi connectivity index (χ0v) is 11.9. The van der Waals surface area contributed by atoms with Crippen molar-refractivity contribution in [2.75, 3.05) is 6.26 Å². The van der Waals surface area contributed by atoms with Crippen LogP contribution in [0.5, 0.6) is 0 Å². The van der Waals surface area contributed by atoms with E-state index in [0.717, 1.165) is 16.5 Å². The van der Waals surface area contributed by atoms with Crippen molar-refractivity contribution in [3.63, 3.8) is 0 Å². The second-order valence-electron chi connectivity index (χ2n) is 3.02. The Hall–Kier alpha value is -0.0600. The standard InChI is InChI=1S/C11H13BrOS2/c1-3-10(13-11(14)15-2)8-4-6-9(12)7-5-8/h4-7,10H,3H2,1-2H3. The van der Waals surface area contributed by atoms with Crippen LogP contribution in [-0.2, 0) is 4.74 Å². The lowest BCUT2D eigenvalue weighted by Crippen LogP contribution is -2.05. The summed E-state index contributed by atoms with van der Waals surface area (Å²) in [6.07, 6.45) is 2.91. The van der Waals surface area contributed by atoms with E-state index in [1.807, 2.05) is 18.4 Å². The van der Waals surface area contributed by atoms with Crippen molar-refractivity contribution in [1.29, 1.82) is 0 Å². The van der Waals surface area contributed by atoms with Gasteiger partial charge in [-0.05, 0) is 42.6 Å². The number of hydrogen-bond donors (Lipinski definition) is 0. The topological polar surface area (TPSA) is 9.23 Å². The lowest BCUT2D eigenvalue weighted by atomic mass is 10.1. The third kappa shape index (κ3) is 4.13. The SMILES string of the molecule is CCC(OC(=S)SC)c1ccc(Br)cc1. The summed E-state index contributed by atoms with van der Waals surface area (Å²) in [5.74, 6) is 0. The van der Waals surface area contributed by atoms with Gasteiger partial charge in [-0.15, -0.1) is 0 Å². The van der Waals surface area contributed by atoms with Gasteiger partial charge in [-0.2, -0.15) is 0 Å². The Labute approximate surface area is 109 Å². The third-order valence-corrected chi connectivity index (χ3v) is 3.57. The summed E-state index contributed by atoms with van der Waals surface area (Å²) in [6, 6.07) is 8.15. The summed E-state index contributed by atoms with van der Waals surface area (Å²) < 4.78 is 7.33. The molecular formula is C11H13BrOS2. The Morgan fingerprint density at radius 3 is 2.53 bits per heavy atom. The van der Waals surface area contributed by atoms with Gasteiger partial charge >= 0.3 is 0 Å². The molecule has 0 bridgehead atoms. The summed E-state index contributed by atoms with van der Waals surface area (Å²) in [5, 5.41) is 0. The summed E-state index contributed by atoms with van der Waals surface area (Å²) in [6.45, 7) is 2.09. The Bertz CT molecular complexity index is 324. The Morgan fingerprint density at radius 2 is 2.07 bits per heavy atom. The van der Waals surface area contributed by atoms with Crippen molar-refractivity contribution in [2.24, 2.45) is 0 Å². The molecule has 1 aromatic carbocycles. The lowest BCUT2D eigenvalue weighted by molar-refractivity contribution is 0.200. The Balaban J connectivity index is 2.74. The van der Waals surface area contributed by atoms with Gasteiger partial charge in [-0.1, -0.05) is 46.7 Å². The van der Waals surface area contributed by atoms with Crippen LogP contribution in [0, 0.1) is 0 Å². The van der Waals surface area contributed by atoms with Crippen molar-refractivity contribution in [1.82, 2.24) is 0 Å². The summed E-state index contributed by atoms with van der Waals surface area (Å²) in [4.78, 5) is 0. The highest BCUT2D eigenvalue weighted by Gasteiger charge is 2.11. The maximum absolute atomic E-state index is 5.65. The molecule has 0 aromatic heterocycles. The molecule has 4 heteroatoms. The van der Waals surface area contributed by atoms with Crippen LogP contribution in [0.25, 0.3) is 0 Å². The second kappa shape index (κ2) is 6.51. The number of ether oxygens (including phenoxy) is 1. The van der Waals surface area contributed by atoms with Crippen LogP contribution in [0.3, 0.4) is 0 Å². The van der Waals surface area contributed by atoms with E-state index in [2.05, 4.69) is 35.0 Å². The first-order valence-electron chi connectivity index (χ1n) is 4.67. The van der Waals surface area contributed by atoms with Gasteiger partial charge in [-0.25, -0.2) is 0 Å². The van der Waals surface area contributed by atoms with Gasteiger partial charge in [0.25, 0.3) is 0 Å². The van der Waals surface area contributed by atoms with Crippen LogP contribution in [0.2, 0.25) is 0 Å². The molecule has 0 spiro atoms. The highest BCUT2D eigenvalue weighted by Crippen LogP contribution is 2.24. The van der Waals surface area contributed by atoms with E-state index in [-0.39, 0.29) is 6.10 Å². The summed E-state index contributed by atoms with van der Waals surface area (Å²) in [5.41, 5.74) is 1.16. The van der Waals surface area contributed by atoms with Crippen molar-refractivity contribution < 1.29 is 4.74 Å². The average Bonchev–Trinajstić information content (AvgIpc) is 2.27. The third-order valence-electron chi connectivity index (χ3n) is 2.02. The number of halogens is 1. The molecule has 0 aliphatic heterocycles. The predicted octanol–water partition coefficient (Wildman–Crippen LogP) is 4.56. The van der Waals surface area contributed by atoms with E-state index in [0.29, 0.717) is 4.38 Å². The van der Waals surface area contributed by atoms with Gasteiger partial charge < -0.3 is 4.74 Å². The average molecular weight is 305 g/mol. The molecular weight excluding hydrogens is 292 g/mol. The first kappa shape index (κ1) is 13.0. The molecule has 0 radical (unpaired) electrons. The molecule has 0 saturated carbocycles. The number of rotatable bonds is 3. The normalized spacial score (nSPS) is 12.2. The minimum atomic E-state index is 0.0676. The highest BCUT2D eigenvalue weighted by atomic mass is 79.9. The smallest absolute Gasteiger partial charge is 0.220 e. The largest absolute Gasteiger partial charge is 0.470 e. The number of thioether (sulfide) groups is 1. The minimum Gasteiger partial charge on any atom is -0.470 e. The molecule has 1 unspecified atom stereocenters. The molecule has 1 rings (SSSR count). The summed E-state index contributed by atoms with van der Waals surface area (Å²) >= 11 is 9.93. The van der Waals surface area contributed by atoms with Gasteiger partial charge in [0.1, 0.15) is 6.10 Å². The molecule has 0 aliphatic carbocycles. The van der Waals surface area contributed by atoms with Gasteiger partial charge in [0, 0.05) is 4.47 Å². The molecule has 1 aromatic rings. The molecule has 0 saturated heterocycles. The first-order chi connectivity index (χ1) is 7.17. The van der Waals surface area contributed by atoms with Crippen LogP contribution in [0.1, 0.15) is 25.0 Å². The highest BCUT2D eigenvalue weighted by molar-refractivity contribution is 9.10. The van der Waals surface area contributed by atoms with Crippen LogP contribution in [0.4, 0.5) is 0 Å². The van der Waals surface area contributed by atoms with Crippen molar-refractivity contribution in [2.45, 2.75) is 19.4 Å². The van der Waals surface area contributed by atoms with E-state index in [9.17, 15) is 0 Å². The predicted molar refractivity (Wildman–Crippen MR) is 74.4 cm³/mol. The molecule has 82 valence electrons. The zero-order valence-electron chi connectivity index (χ0n) is 8.70. The fourth-order valence-electron chi connectivity index (χ4n) is 1.23. The molecule has 0 N–H and O–H groups in total. The van der Waals surface area contributed by atoms with E-state index < -0.39 is 0 Å². The van der Waals surface area contributed by atoms with E-state index in [1.54, 1.807) is 0 Å². The van der Waals surface area contributed by atoms with Crippen LogP contribution in [-0.4, -0.2) is 10.6 Å². The van der Waals surface area contributed by atoms with E-state index in [4.69, 9.17) is 17.0 Å². The van der Waals surface area contributed by atoms with E-state index >= 15 is 0 Å². The Kier molecular flexibility index (Phi) is 5.64. The molecule has 0 aliphatic rings. The molecule has 0 fully saturated rings. The molecule has 15 heavy (non-hydrogen) atoms. The maximum Gasteiger partial charge on any atom is 0.220 e. The van der Waals surface area contributed by atoms with Crippen molar-refractivity contribution in [3.05, 3.63) is 34.3 Å². The second-order valence-corrected chi connectivity index (χ2v) is 5.34. The van der Waals surface area contributed by atoms with Crippen LogP contribution >= 0.6 is 39.9 Å². The quantitative estimate of drug-likeness (QED) is 0.757. The first-order valence-corrected chi connectivity index (χ1v) is 7.10. The van der Waals surface area contributed by atoms with Crippen LogP contribution in [0.15, 0.2) is 28.7 Å². The van der Waals surface area contributed by atoms with Gasteiger partial charge in [0.05, 0.1) is 0 Å². The molecule has 1 nitrogen and oxygen atoms in total. The number of thiocarbonyl (C=S) groups is 1. The number of hydrogen-bond acceptors (Lipinski definition) is 3. The molecule has 1 atom stereocenters. The molecule has 0 amide bonds. The van der Waals surface area contributed by atoms with Gasteiger partial charge in [0.15, 0.2) is 0 Å². The van der Waals surface area contributed by atoms with Gasteiger partial charge in [0.2, 0.25) is 4.38 Å². The fourth-order valence-corrected chi connectivity index (χ4v) is 1.82. The maximum atomic E-state index is 5.65. The van der Waals surface area contributed by atoms with Gasteiger partial charge in [-0.3, -0.25) is 0 Å². The Morgan fingerprint density at radius 1 is 1.47 bits per heavy atom. The fraction of sp³-hybridized carbons (Fsp3) is 0.364. The van der Waals surface area contributed by atoms with Crippen molar-refractivity contribution in [3.8, 4) is 0 Å². The molecule has 0 heterocycles. The lowest BCUT2D eigenvalue weighted by Gasteiger charge is -2.17. The zero-order chi connectivity index (χ0) is 11.3. The van der Waals surface area contributed by atoms with Crippen molar-refractivity contribution >= 4 is 44.3 Å². The summed E-state index contributed by atoms with van der Waals surface area (Å²) in [7, 11) is 0.